The normalized spacial score (nSPS) is 11.6. The Morgan fingerprint density at radius 2 is 0.909 bits per heavy atom. The van der Waals surface area contributed by atoms with E-state index in [4.69, 9.17) is 4.42 Å². The maximum atomic E-state index is 6.63. The molecule has 0 fully saturated rings. The zero-order valence-corrected chi connectivity index (χ0v) is 18.0. The van der Waals surface area contributed by atoms with Gasteiger partial charge in [-0.1, -0.05) is 115 Å². The Hall–Kier alpha value is -4.36. The molecule has 0 radical (unpaired) electrons. The Bertz CT molecular complexity index is 1750. The molecule has 1 heteroatoms. The van der Waals surface area contributed by atoms with Gasteiger partial charge in [0.2, 0.25) is 0 Å². The average Bonchev–Trinajstić information content (AvgIpc) is 3.32. The van der Waals surface area contributed by atoms with Crippen molar-refractivity contribution in [2.45, 2.75) is 0 Å². The van der Waals surface area contributed by atoms with Gasteiger partial charge < -0.3 is 4.42 Å². The fraction of sp³-hybridized carbons (Fsp3) is 0. The number of hydrogen-bond acceptors (Lipinski definition) is 1. The molecule has 0 saturated carbocycles. The van der Waals surface area contributed by atoms with Crippen LogP contribution in [0, 0.1) is 0 Å². The first-order chi connectivity index (χ1) is 16.4. The lowest BCUT2D eigenvalue weighted by Gasteiger charge is -2.16. The minimum Gasteiger partial charge on any atom is -0.455 e. The van der Waals surface area contributed by atoms with E-state index in [0.29, 0.717) is 0 Å². The van der Waals surface area contributed by atoms with Crippen molar-refractivity contribution < 1.29 is 4.42 Å². The van der Waals surface area contributed by atoms with E-state index >= 15 is 0 Å². The van der Waals surface area contributed by atoms with Gasteiger partial charge in [-0.05, 0) is 44.1 Å². The summed E-state index contributed by atoms with van der Waals surface area (Å²) in [4.78, 5) is 0. The van der Waals surface area contributed by atoms with Gasteiger partial charge in [-0.2, -0.15) is 0 Å². The molecule has 0 aliphatic carbocycles. The molecule has 0 spiro atoms. The van der Waals surface area contributed by atoms with E-state index in [1.54, 1.807) is 0 Å². The van der Waals surface area contributed by atoms with Gasteiger partial charge in [-0.25, -0.2) is 0 Å². The number of fused-ring (bicyclic) bond motifs is 5. The molecule has 7 aromatic rings. The average molecular weight is 421 g/mol. The smallest absolute Gasteiger partial charge is 0.142 e. The highest BCUT2D eigenvalue weighted by Gasteiger charge is 2.19. The fourth-order valence-corrected chi connectivity index (χ4v) is 5.20. The third-order valence-corrected chi connectivity index (χ3v) is 6.65. The lowest BCUT2D eigenvalue weighted by atomic mass is 9.87. The highest BCUT2D eigenvalue weighted by Crippen LogP contribution is 2.45. The molecule has 0 aliphatic rings. The Kier molecular flexibility index (Phi) is 3.91. The Balaban J connectivity index is 1.64. The largest absolute Gasteiger partial charge is 0.455 e. The van der Waals surface area contributed by atoms with Gasteiger partial charge in [-0.3, -0.25) is 0 Å². The first-order valence-electron chi connectivity index (χ1n) is 11.3. The molecule has 0 unspecified atom stereocenters. The van der Waals surface area contributed by atoms with E-state index in [1.165, 1.54) is 38.1 Å². The van der Waals surface area contributed by atoms with E-state index in [1.807, 2.05) is 0 Å². The number of rotatable bonds is 2. The summed E-state index contributed by atoms with van der Waals surface area (Å²) in [5.41, 5.74) is 4.60. The number of furan rings is 1. The first-order valence-corrected chi connectivity index (χ1v) is 11.3. The van der Waals surface area contributed by atoms with Gasteiger partial charge >= 0.3 is 0 Å². The number of benzene rings is 6. The molecule has 0 aliphatic heterocycles. The van der Waals surface area contributed by atoms with Gasteiger partial charge in [0, 0.05) is 16.3 Å². The predicted octanol–water partition coefficient (Wildman–Crippen LogP) is 9.23. The standard InChI is InChI=1S/C32H20O/c1-2-11-22(12-3-1)30-25-14-6-8-16-27(25)31(28-17-9-7-15-26(28)30)29-20-23-19-18-21-10-4-5-13-24(21)32(23)33-29/h1-20H. The topological polar surface area (TPSA) is 13.1 Å². The second-order valence-electron chi connectivity index (χ2n) is 8.52. The number of hydrogen-bond donors (Lipinski definition) is 0. The molecule has 0 bridgehead atoms. The maximum absolute atomic E-state index is 6.63. The molecule has 1 heterocycles. The van der Waals surface area contributed by atoms with Crippen LogP contribution in [0.2, 0.25) is 0 Å². The highest BCUT2D eigenvalue weighted by atomic mass is 16.3. The van der Waals surface area contributed by atoms with E-state index in [9.17, 15) is 0 Å². The van der Waals surface area contributed by atoms with Crippen LogP contribution in [-0.2, 0) is 0 Å². The molecule has 1 nitrogen and oxygen atoms in total. The van der Waals surface area contributed by atoms with Crippen molar-refractivity contribution in [2.75, 3.05) is 0 Å². The van der Waals surface area contributed by atoms with Crippen LogP contribution in [0.25, 0.3) is 65.7 Å². The molecular formula is C32H20O. The first kappa shape index (κ1) is 18.2. The van der Waals surface area contributed by atoms with Crippen LogP contribution in [-0.4, -0.2) is 0 Å². The van der Waals surface area contributed by atoms with Crippen molar-refractivity contribution in [1.82, 2.24) is 0 Å². The van der Waals surface area contributed by atoms with Gasteiger partial charge in [0.05, 0.1) is 0 Å². The van der Waals surface area contributed by atoms with Crippen LogP contribution < -0.4 is 0 Å². The minimum atomic E-state index is 0.911. The molecule has 0 atom stereocenters. The molecule has 0 saturated heterocycles. The fourth-order valence-electron chi connectivity index (χ4n) is 5.20. The lowest BCUT2D eigenvalue weighted by molar-refractivity contribution is 0.636. The zero-order chi connectivity index (χ0) is 21.8. The summed E-state index contributed by atoms with van der Waals surface area (Å²) in [6.07, 6.45) is 0. The van der Waals surface area contributed by atoms with Crippen molar-refractivity contribution in [2.24, 2.45) is 0 Å². The van der Waals surface area contributed by atoms with Crippen molar-refractivity contribution in [3.05, 3.63) is 121 Å². The van der Waals surface area contributed by atoms with Crippen molar-refractivity contribution in [1.29, 1.82) is 0 Å². The summed E-state index contributed by atoms with van der Waals surface area (Å²) >= 11 is 0. The third kappa shape index (κ3) is 2.73. The Morgan fingerprint density at radius 1 is 0.394 bits per heavy atom. The minimum absolute atomic E-state index is 0.911. The van der Waals surface area contributed by atoms with E-state index in [0.717, 1.165) is 27.7 Å². The molecule has 0 N–H and O–H groups in total. The summed E-state index contributed by atoms with van der Waals surface area (Å²) in [6.45, 7) is 0. The van der Waals surface area contributed by atoms with E-state index in [-0.39, 0.29) is 0 Å². The second-order valence-corrected chi connectivity index (χ2v) is 8.52. The summed E-state index contributed by atoms with van der Waals surface area (Å²) in [5.74, 6) is 0.911. The zero-order valence-electron chi connectivity index (χ0n) is 18.0. The van der Waals surface area contributed by atoms with Gasteiger partial charge in [0.25, 0.3) is 0 Å². The van der Waals surface area contributed by atoms with E-state index in [2.05, 4.69) is 121 Å². The van der Waals surface area contributed by atoms with Crippen molar-refractivity contribution in [3.63, 3.8) is 0 Å². The summed E-state index contributed by atoms with van der Waals surface area (Å²) in [7, 11) is 0. The van der Waals surface area contributed by atoms with E-state index < -0.39 is 0 Å². The Morgan fingerprint density at radius 3 is 1.58 bits per heavy atom. The molecular weight excluding hydrogens is 400 g/mol. The molecule has 154 valence electrons. The predicted molar refractivity (Wildman–Crippen MR) is 140 cm³/mol. The SMILES string of the molecule is c1ccc(-c2c3ccccc3c(-c3cc4ccc5ccccc5c4o3)c3ccccc23)cc1. The monoisotopic (exact) mass is 420 g/mol. The van der Waals surface area contributed by atoms with Crippen LogP contribution >= 0.6 is 0 Å². The van der Waals surface area contributed by atoms with Crippen molar-refractivity contribution in [3.8, 4) is 22.5 Å². The lowest BCUT2D eigenvalue weighted by Crippen LogP contribution is -1.89. The van der Waals surface area contributed by atoms with Gasteiger partial charge in [0.15, 0.2) is 0 Å². The molecule has 1 aromatic heterocycles. The maximum Gasteiger partial charge on any atom is 0.142 e. The summed E-state index contributed by atoms with van der Waals surface area (Å²) in [5, 5.41) is 8.36. The van der Waals surface area contributed by atoms with Crippen LogP contribution in [0.15, 0.2) is 126 Å². The van der Waals surface area contributed by atoms with Crippen LogP contribution in [0.3, 0.4) is 0 Å². The summed E-state index contributed by atoms with van der Waals surface area (Å²) < 4.78 is 6.63. The summed E-state index contributed by atoms with van der Waals surface area (Å²) in [6, 6.07) is 43.0. The second kappa shape index (κ2) is 7.08. The molecule has 7 rings (SSSR count). The van der Waals surface area contributed by atoms with Crippen molar-refractivity contribution >= 4 is 43.3 Å². The Labute approximate surface area is 191 Å². The third-order valence-electron chi connectivity index (χ3n) is 6.65. The molecule has 0 amide bonds. The van der Waals surface area contributed by atoms with Gasteiger partial charge in [0.1, 0.15) is 11.3 Å². The van der Waals surface area contributed by atoms with Crippen LogP contribution in [0.5, 0.6) is 0 Å². The highest BCUT2D eigenvalue weighted by molar-refractivity contribution is 6.21. The van der Waals surface area contributed by atoms with Crippen LogP contribution in [0.4, 0.5) is 0 Å². The quantitative estimate of drug-likeness (QED) is 0.254. The molecule has 33 heavy (non-hydrogen) atoms. The van der Waals surface area contributed by atoms with Gasteiger partial charge in [-0.15, -0.1) is 0 Å². The van der Waals surface area contributed by atoms with Crippen LogP contribution in [0.1, 0.15) is 0 Å². The molecule has 6 aromatic carbocycles.